The normalized spacial score (nSPS) is 20.1. The molecule has 1 aromatic carbocycles. The first-order valence-corrected chi connectivity index (χ1v) is 10.1. The van der Waals surface area contributed by atoms with Gasteiger partial charge in [-0.15, -0.1) is 0 Å². The van der Waals surface area contributed by atoms with Crippen LogP contribution in [-0.4, -0.2) is 54.2 Å². The van der Waals surface area contributed by atoms with Crippen molar-refractivity contribution in [1.82, 2.24) is 15.2 Å². The number of carbonyl (C=O) groups is 1. The summed E-state index contributed by atoms with van der Waals surface area (Å²) >= 11 is 0. The first kappa shape index (κ1) is 18.4. The zero-order valence-electron chi connectivity index (χ0n) is 16.3. The van der Waals surface area contributed by atoms with Crippen LogP contribution in [0.1, 0.15) is 47.3 Å². The number of fused-ring (bicyclic) bond motifs is 1. The van der Waals surface area contributed by atoms with Crippen LogP contribution in [0.15, 0.2) is 24.3 Å². The summed E-state index contributed by atoms with van der Waals surface area (Å²) in [6.07, 6.45) is 4.31. The van der Waals surface area contributed by atoms with Gasteiger partial charge in [-0.3, -0.25) is 9.78 Å². The Kier molecular flexibility index (Phi) is 5.41. The van der Waals surface area contributed by atoms with Crippen molar-refractivity contribution >= 4 is 16.8 Å². The highest BCUT2D eigenvalue weighted by Gasteiger charge is 2.27. The van der Waals surface area contributed by atoms with Gasteiger partial charge in [-0.05, 0) is 51.2 Å². The van der Waals surface area contributed by atoms with Gasteiger partial charge in [-0.1, -0.05) is 18.2 Å². The predicted molar refractivity (Wildman–Crippen MR) is 107 cm³/mol. The van der Waals surface area contributed by atoms with Crippen molar-refractivity contribution in [2.24, 2.45) is 0 Å². The molecule has 0 bridgehead atoms. The highest BCUT2D eigenvalue weighted by Crippen LogP contribution is 2.23. The Hall–Kier alpha value is -1.98. The first-order valence-electron chi connectivity index (χ1n) is 10.1. The average molecular weight is 367 g/mol. The minimum absolute atomic E-state index is 0.0283. The fourth-order valence-electron chi connectivity index (χ4n) is 4.43. The second kappa shape index (κ2) is 7.95. The Labute approximate surface area is 161 Å². The molecule has 5 nitrogen and oxygen atoms in total. The molecule has 2 aromatic rings. The summed E-state index contributed by atoms with van der Waals surface area (Å²) in [4.78, 5) is 20.2. The first-order chi connectivity index (χ1) is 13.1. The lowest BCUT2D eigenvalue weighted by atomic mass is 9.98. The van der Waals surface area contributed by atoms with Crippen LogP contribution in [0.2, 0.25) is 0 Å². The number of rotatable bonds is 3. The standard InChI is InChI=1S/C22H29N3O2/c1-15-4-3-5-19-20(14-16(2)23-21(15)19)22(26)24-17-6-10-25(11-7-17)18-8-12-27-13-9-18/h3-5,14,17-18H,6-13H2,1-2H3,(H,24,26). The summed E-state index contributed by atoms with van der Waals surface area (Å²) in [5.74, 6) is 0.0283. The van der Waals surface area contributed by atoms with Crippen molar-refractivity contribution in [2.75, 3.05) is 26.3 Å². The minimum Gasteiger partial charge on any atom is -0.381 e. The molecule has 2 saturated heterocycles. The topological polar surface area (TPSA) is 54.5 Å². The number of benzene rings is 1. The van der Waals surface area contributed by atoms with Crippen molar-refractivity contribution in [2.45, 2.75) is 51.6 Å². The molecule has 5 heteroatoms. The molecule has 2 aliphatic rings. The molecule has 3 heterocycles. The molecule has 1 aromatic heterocycles. The lowest BCUT2D eigenvalue weighted by molar-refractivity contribution is 0.0239. The number of para-hydroxylation sites is 1. The van der Waals surface area contributed by atoms with E-state index in [9.17, 15) is 4.79 Å². The monoisotopic (exact) mass is 367 g/mol. The van der Waals surface area contributed by atoms with E-state index in [4.69, 9.17) is 4.74 Å². The lowest BCUT2D eigenvalue weighted by Crippen LogP contribution is -2.49. The number of piperidine rings is 1. The van der Waals surface area contributed by atoms with Crippen molar-refractivity contribution in [3.63, 3.8) is 0 Å². The van der Waals surface area contributed by atoms with Gasteiger partial charge in [0, 0.05) is 49.5 Å². The summed E-state index contributed by atoms with van der Waals surface area (Å²) in [6.45, 7) is 7.89. The van der Waals surface area contributed by atoms with Crippen molar-refractivity contribution in [1.29, 1.82) is 0 Å². The molecule has 1 amide bonds. The Morgan fingerprint density at radius 3 is 2.63 bits per heavy atom. The van der Waals surface area contributed by atoms with E-state index in [-0.39, 0.29) is 11.9 Å². The van der Waals surface area contributed by atoms with Gasteiger partial charge >= 0.3 is 0 Å². The van der Waals surface area contributed by atoms with Crippen LogP contribution in [0.4, 0.5) is 0 Å². The van der Waals surface area contributed by atoms with Gasteiger partial charge in [0.05, 0.1) is 11.1 Å². The number of hydrogen-bond donors (Lipinski definition) is 1. The number of pyridine rings is 1. The zero-order valence-corrected chi connectivity index (χ0v) is 16.3. The third kappa shape index (κ3) is 3.99. The van der Waals surface area contributed by atoms with E-state index in [0.717, 1.165) is 79.7 Å². The molecule has 0 aliphatic carbocycles. The quantitative estimate of drug-likeness (QED) is 0.905. The summed E-state index contributed by atoms with van der Waals surface area (Å²) in [7, 11) is 0. The van der Waals surface area contributed by atoms with Gasteiger partial charge in [0.25, 0.3) is 5.91 Å². The number of nitrogens with zero attached hydrogens (tertiary/aromatic N) is 2. The molecule has 0 unspecified atom stereocenters. The van der Waals surface area contributed by atoms with E-state index in [1.807, 2.05) is 38.1 Å². The fourth-order valence-corrected chi connectivity index (χ4v) is 4.43. The number of ether oxygens (including phenoxy) is 1. The lowest BCUT2D eigenvalue weighted by Gasteiger charge is -2.39. The number of aromatic nitrogens is 1. The maximum absolute atomic E-state index is 13.0. The van der Waals surface area contributed by atoms with Crippen LogP contribution >= 0.6 is 0 Å². The van der Waals surface area contributed by atoms with Crippen LogP contribution < -0.4 is 5.32 Å². The van der Waals surface area contributed by atoms with E-state index >= 15 is 0 Å². The Morgan fingerprint density at radius 2 is 1.89 bits per heavy atom. The maximum Gasteiger partial charge on any atom is 0.252 e. The van der Waals surface area contributed by atoms with Gasteiger partial charge in [0.15, 0.2) is 0 Å². The highest BCUT2D eigenvalue weighted by atomic mass is 16.5. The second-order valence-electron chi connectivity index (χ2n) is 7.91. The molecule has 2 fully saturated rings. The highest BCUT2D eigenvalue weighted by molar-refractivity contribution is 6.06. The summed E-state index contributed by atoms with van der Waals surface area (Å²) in [5, 5.41) is 4.22. The molecule has 1 N–H and O–H groups in total. The molecule has 0 atom stereocenters. The van der Waals surface area contributed by atoms with Gasteiger partial charge in [0.1, 0.15) is 0 Å². The maximum atomic E-state index is 13.0. The summed E-state index contributed by atoms with van der Waals surface area (Å²) in [5.41, 5.74) is 3.66. The van der Waals surface area contributed by atoms with Gasteiger partial charge in [-0.25, -0.2) is 0 Å². The van der Waals surface area contributed by atoms with E-state index in [1.54, 1.807) is 0 Å². The number of amides is 1. The fraction of sp³-hybridized carbons (Fsp3) is 0.545. The number of hydrogen-bond acceptors (Lipinski definition) is 4. The number of nitrogens with one attached hydrogen (secondary N) is 1. The summed E-state index contributed by atoms with van der Waals surface area (Å²) in [6, 6.07) is 8.86. The number of likely N-dealkylation sites (tertiary alicyclic amines) is 1. The number of aryl methyl sites for hydroxylation is 2. The average Bonchev–Trinajstić information content (AvgIpc) is 2.69. The zero-order chi connectivity index (χ0) is 18.8. The SMILES string of the molecule is Cc1cc(C(=O)NC2CCN(C3CCOCC3)CC2)c2cccc(C)c2n1. The van der Waals surface area contributed by atoms with Crippen molar-refractivity contribution in [3.05, 3.63) is 41.1 Å². The second-order valence-corrected chi connectivity index (χ2v) is 7.91. The largest absolute Gasteiger partial charge is 0.381 e. The van der Waals surface area contributed by atoms with Crippen LogP contribution in [0.25, 0.3) is 10.9 Å². The van der Waals surface area contributed by atoms with Gasteiger partial charge in [-0.2, -0.15) is 0 Å². The molecule has 0 saturated carbocycles. The van der Waals surface area contributed by atoms with Crippen LogP contribution in [0.3, 0.4) is 0 Å². The van der Waals surface area contributed by atoms with Crippen LogP contribution in [0.5, 0.6) is 0 Å². The van der Waals surface area contributed by atoms with Gasteiger partial charge in [0.2, 0.25) is 0 Å². The molecule has 2 aliphatic heterocycles. The molecule has 144 valence electrons. The number of carbonyl (C=O) groups excluding carboxylic acids is 1. The molecule has 0 radical (unpaired) electrons. The van der Waals surface area contributed by atoms with Crippen molar-refractivity contribution < 1.29 is 9.53 Å². The minimum atomic E-state index is 0.0283. The Balaban J connectivity index is 1.43. The predicted octanol–water partition coefficient (Wildman–Crippen LogP) is 3.22. The third-order valence-electron chi connectivity index (χ3n) is 5.99. The molecule has 27 heavy (non-hydrogen) atoms. The smallest absolute Gasteiger partial charge is 0.252 e. The molecular weight excluding hydrogens is 338 g/mol. The van der Waals surface area contributed by atoms with E-state index in [0.29, 0.717) is 6.04 Å². The Morgan fingerprint density at radius 1 is 1.15 bits per heavy atom. The van der Waals surface area contributed by atoms with Crippen molar-refractivity contribution in [3.8, 4) is 0 Å². The van der Waals surface area contributed by atoms with Gasteiger partial charge < -0.3 is 15.0 Å². The molecule has 4 rings (SSSR count). The third-order valence-corrected chi connectivity index (χ3v) is 5.99. The van der Waals surface area contributed by atoms with Crippen LogP contribution in [0, 0.1) is 13.8 Å². The molecular formula is C22H29N3O2. The van der Waals surface area contributed by atoms with E-state index in [2.05, 4.69) is 15.2 Å². The molecule has 0 spiro atoms. The Bertz CT molecular complexity index is 822. The van der Waals surface area contributed by atoms with E-state index in [1.165, 1.54) is 0 Å². The van der Waals surface area contributed by atoms with E-state index < -0.39 is 0 Å². The van der Waals surface area contributed by atoms with Crippen LogP contribution in [-0.2, 0) is 4.74 Å². The summed E-state index contributed by atoms with van der Waals surface area (Å²) < 4.78 is 5.48.